The highest BCUT2D eigenvalue weighted by atomic mass is 16.2. The maximum atomic E-state index is 14.5. The molecule has 0 unspecified atom stereocenters. The number of fused-ring (bicyclic) bond motifs is 2. The second-order valence-corrected chi connectivity index (χ2v) is 22.6. The number of aryl methyl sites for hydroxylation is 2. The lowest BCUT2D eigenvalue weighted by Gasteiger charge is -2.36. The number of carbonyl (C=O) groups excluding carboxylic acids is 8. The molecule has 0 radical (unpaired) electrons. The average molecular weight is 1010 g/mol. The van der Waals surface area contributed by atoms with Crippen molar-refractivity contribution >= 4 is 47.3 Å². The summed E-state index contributed by atoms with van der Waals surface area (Å²) >= 11 is 0. The van der Waals surface area contributed by atoms with E-state index in [-0.39, 0.29) is 74.7 Å². The zero-order valence-corrected chi connectivity index (χ0v) is 44.5. The predicted molar refractivity (Wildman–Crippen MR) is 277 cm³/mol. The van der Waals surface area contributed by atoms with E-state index in [1.807, 2.05) is 77.9 Å². The average Bonchev–Trinajstić information content (AvgIpc) is 3.98. The summed E-state index contributed by atoms with van der Waals surface area (Å²) in [6, 6.07) is 9.26. The first-order valence-corrected chi connectivity index (χ1v) is 26.1. The van der Waals surface area contributed by atoms with Crippen LogP contribution in [0, 0.1) is 10.8 Å². The van der Waals surface area contributed by atoms with Crippen LogP contribution >= 0.6 is 0 Å². The van der Waals surface area contributed by atoms with Crippen molar-refractivity contribution in [1.29, 1.82) is 0 Å². The van der Waals surface area contributed by atoms with Crippen LogP contribution in [0.2, 0.25) is 0 Å². The lowest BCUT2D eigenvalue weighted by molar-refractivity contribution is -0.144. The number of likely N-dealkylation sites (N-methyl/N-ethyl adjacent to an activating group) is 2. The highest BCUT2D eigenvalue weighted by Crippen LogP contribution is 2.33. The van der Waals surface area contributed by atoms with Crippen molar-refractivity contribution in [1.82, 2.24) is 57.7 Å². The topological polar surface area (TPSA) is 251 Å². The normalized spacial score (nSPS) is 23.4. The predicted octanol–water partition coefficient (Wildman–Crippen LogP) is 1.41. The van der Waals surface area contributed by atoms with Gasteiger partial charge in [-0.15, -0.1) is 0 Å². The van der Waals surface area contributed by atoms with E-state index in [0.29, 0.717) is 0 Å². The molecule has 0 spiro atoms. The molecule has 2 aliphatic heterocycles. The molecule has 2 aliphatic carbocycles. The molecule has 2 saturated heterocycles. The number of hydrogen-bond donors (Lipinski definition) is 9. The van der Waals surface area contributed by atoms with E-state index in [4.69, 9.17) is 0 Å². The molecule has 6 rings (SSSR count). The molecule has 0 aromatic heterocycles. The van der Waals surface area contributed by atoms with Gasteiger partial charge in [-0.3, -0.25) is 43.7 Å². The molecule has 19 heteroatoms. The van der Waals surface area contributed by atoms with Gasteiger partial charge >= 0.3 is 0 Å². The van der Waals surface area contributed by atoms with Gasteiger partial charge in [0, 0.05) is 25.2 Å². The van der Waals surface area contributed by atoms with Gasteiger partial charge in [-0.25, -0.2) is 0 Å². The van der Waals surface area contributed by atoms with Gasteiger partial charge in [0.05, 0.1) is 37.3 Å². The zero-order valence-electron chi connectivity index (χ0n) is 44.5. The Kier molecular flexibility index (Phi) is 18.9. The summed E-state index contributed by atoms with van der Waals surface area (Å²) < 4.78 is 0. The first-order chi connectivity index (χ1) is 34.5. The fraction of sp³-hybridized carbons (Fsp3) is 0.630. The van der Waals surface area contributed by atoms with E-state index in [2.05, 4.69) is 60.0 Å². The molecule has 4 aliphatic rings. The molecule has 8 amide bonds. The van der Waals surface area contributed by atoms with Crippen LogP contribution in [0.1, 0.15) is 128 Å². The van der Waals surface area contributed by atoms with Crippen LogP contribution in [0.3, 0.4) is 0 Å². The number of carbonyl (C=O) groups is 8. The lowest BCUT2D eigenvalue weighted by atomic mass is 9.85. The summed E-state index contributed by atoms with van der Waals surface area (Å²) in [6.07, 6.45) is 5.33. The minimum Gasteiger partial charge on any atom is -0.350 e. The quantitative estimate of drug-likeness (QED) is 0.103. The molecule has 2 aromatic rings. The second-order valence-electron chi connectivity index (χ2n) is 22.6. The molecule has 19 nitrogen and oxygen atoms in total. The molecule has 0 saturated carbocycles. The third-order valence-corrected chi connectivity index (χ3v) is 14.9. The molecule has 2 heterocycles. The summed E-state index contributed by atoms with van der Waals surface area (Å²) in [7, 11) is 3.30. The van der Waals surface area contributed by atoms with Crippen molar-refractivity contribution in [2.75, 3.05) is 40.3 Å². The molecule has 73 heavy (non-hydrogen) atoms. The minimum atomic E-state index is -0.979. The standard InChI is InChI=1S/C54H81N11O8/c1-31(55-9)47(68)62-45(53(3,4)5)51(72)64-29-35(25-41(64)49(70)60-39-23-15-19-33-17-11-13-21-37(33)39)58-43(66)27-57-28-44(67)59-36-26-42(50(71)61-40-24-16-20-34-18-12-14-22-38(34)40)65(30-36)52(73)46(54(6,7)8)63-48(69)32(2)56-10/h11-14,17-18,21-22,31-32,35-36,39-42,45-46,55-57H,15-16,19-20,23-30H2,1-10H3,(H,58,66)(H,59,67)(H,60,70)(H,61,71)(H,62,68)(H,63,69)/t31-,32-,35-,36-,39+,40+,41-,42-,45+,46+/m0/s1. The Balaban J connectivity index is 1.11. The zero-order chi connectivity index (χ0) is 53.4. The number of nitrogens with one attached hydrogen (secondary N) is 9. The van der Waals surface area contributed by atoms with Crippen molar-refractivity contribution in [3.8, 4) is 0 Å². The Hall–Kier alpha value is -5.92. The van der Waals surface area contributed by atoms with E-state index in [1.165, 1.54) is 20.9 Å². The number of amides is 8. The van der Waals surface area contributed by atoms with Crippen LogP contribution in [-0.2, 0) is 51.2 Å². The maximum Gasteiger partial charge on any atom is 0.246 e. The van der Waals surface area contributed by atoms with E-state index < -0.39 is 82.8 Å². The van der Waals surface area contributed by atoms with Gasteiger partial charge in [-0.1, -0.05) is 90.1 Å². The Morgan fingerprint density at radius 1 is 0.562 bits per heavy atom. The molecule has 9 N–H and O–H groups in total. The fourth-order valence-corrected chi connectivity index (χ4v) is 10.5. The van der Waals surface area contributed by atoms with Gasteiger partial charge in [0.25, 0.3) is 0 Å². The van der Waals surface area contributed by atoms with Crippen molar-refractivity contribution in [2.45, 2.75) is 167 Å². The van der Waals surface area contributed by atoms with Crippen molar-refractivity contribution < 1.29 is 38.4 Å². The Morgan fingerprint density at radius 3 is 1.29 bits per heavy atom. The molecular weight excluding hydrogens is 931 g/mol. The number of rotatable bonds is 18. The monoisotopic (exact) mass is 1010 g/mol. The first-order valence-electron chi connectivity index (χ1n) is 26.1. The second kappa shape index (κ2) is 24.4. The van der Waals surface area contributed by atoms with Crippen LogP contribution in [-0.4, -0.2) is 146 Å². The van der Waals surface area contributed by atoms with Crippen LogP contribution < -0.4 is 47.9 Å². The van der Waals surface area contributed by atoms with E-state index in [1.54, 1.807) is 27.9 Å². The van der Waals surface area contributed by atoms with Crippen molar-refractivity contribution in [3.05, 3.63) is 70.8 Å². The van der Waals surface area contributed by atoms with Gasteiger partial charge in [0.1, 0.15) is 24.2 Å². The van der Waals surface area contributed by atoms with E-state index in [0.717, 1.165) is 49.7 Å². The molecule has 10 atom stereocenters. The highest BCUT2D eigenvalue weighted by molar-refractivity contribution is 5.96. The van der Waals surface area contributed by atoms with Gasteiger partial charge < -0.3 is 52.3 Å². The van der Waals surface area contributed by atoms with Crippen molar-refractivity contribution in [3.63, 3.8) is 0 Å². The molecule has 400 valence electrons. The summed E-state index contributed by atoms with van der Waals surface area (Å²) in [6.45, 7) is 13.9. The van der Waals surface area contributed by atoms with Crippen molar-refractivity contribution in [2.24, 2.45) is 10.8 Å². The third-order valence-electron chi connectivity index (χ3n) is 14.9. The number of likely N-dealkylation sites (tertiary alicyclic amines) is 2. The summed E-state index contributed by atoms with van der Waals surface area (Å²) in [5, 5.41) is 26.8. The minimum absolute atomic E-state index is 0.0155. The Morgan fingerprint density at radius 2 is 0.932 bits per heavy atom. The largest absolute Gasteiger partial charge is 0.350 e. The SMILES string of the molecule is CN[C@@H](C)C(=O)N[C@H](C(=O)N1C[C@@H](NC(=O)CNCC(=O)N[C@H]2C[C@@H](C(=O)N[C@@H]3CCCc4ccccc43)N(C(=O)[C@@H](NC(=O)[C@H](C)NC)C(C)(C)C)C2)C[C@H]1C(=O)N[C@@H]1CCCc2ccccc21)C(C)(C)C. The Labute approximate surface area is 431 Å². The number of hydrogen-bond acceptors (Lipinski definition) is 11. The van der Waals surface area contributed by atoms with Gasteiger partial charge in [0.15, 0.2) is 0 Å². The smallest absolute Gasteiger partial charge is 0.246 e. The van der Waals surface area contributed by atoms with Gasteiger partial charge in [-0.2, -0.15) is 0 Å². The van der Waals surface area contributed by atoms with Crippen LogP contribution in [0.5, 0.6) is 0 Å². The van der Waals surface area contributed by atoms with Gasteiger partial charge in [0.2, 0.25) is 47.3 Å². The van der Waals surface area contributed by atoms with Crippen LogP contribution in [0.4, 0.5) is 0 Å². The molecule has 2 fully saturated rings. The molecule has 0 bridgehead atoms. The van der Waals surface area contributed by atoms with E-state index >= 15 is 0 Å². The third kappa shape index (κ3) is 14.2. The first kappa shape index (κ1) is 56.4. The maximum absolute atomic E-state index is 14.5. The molecule has 2 aromatic carbocycles. The lowest BCUT2D eigenvalue weighted by Crippen LogP contribution is -2.59. The summed E-state index contributed by atoms with van der Waals surface area (Å²) in [5.74, 6) is -3.23. The molecular formula is C54H81N11O8. The van der Waals surface area contributed by atoms with Gasteiger partial charge in [-0.05, 0) is 112 Å². The number of nitrogens with zero attached hydrogens (tertiary/aromatic N) is 2. The summed E-state index contributed by atoms with van der Waals surface area (Å²) in [4.78, 5) is 114. The number of benzene rings is 2. The Bertz CT molecular complexity index is 2190. The fourth-order valence-electron chi connectivity index (χ4n) is 10.5. The highest BCUT2D eigenvalue weighted by Gasteiger charge is 2.48. The van der Waals surface area contributed by atoms with E-state index in [9.17, 15) is 38.4 Å². The van der Waals surface area contributed by atoms with Crippen LogP contribution in [0.15, 0.2) is 48.5 Å². The summed E-state index contributed by atoms with van der Waals surface area (Å²) in [5.41, 5.74) is 2.96. The van der Waals surface area contributed by atoms with Crippen LogP contribution in [0.25, 0.3) is 0 Å².